The predicted molar refractivity (Wildman–Crippen MR) is 126 cm³/mol. The third-order valence-corrected chi connectivity index (χ3v) is 4.76. The lowest BCUT2D eigenvalue weighted by Gasteiger charge is -2.24. The van der Waals surface area contributed by atoms with E-state index in [1.165, 1.54) is 18.0 Å². The molecule has 0 radical (unpaired) electrons. The molecule has 0 bridgehead atoms. The molecule has 0 saturated carbocycles. The predicted octanol–water partition coefficient (Wildman–Crippen LogP) is -0.618. The zero-order chi connectivity index (χ0) is 24.7. The minimum atomic E-state index is -0.644. The second-order valence-electron chi connectivity index (χ2n) is 7.50. The Kier molecular flexibility index (Phi) is 8.03. The molecule has 34 heavy (non-hydrogen) atoms. The van der Waals surface area contributed by atoms with Crippen molar-refractivity contribution in [1.29, 1.82) is 0 Å². The fourth-order valence-electron chi connectivity index (χ4n) is 3.21. The van der Waals surface area contributed by atoms with Gasteiger partial charge in [-0.1, -0.05) is 6.07 Å². The smallest absolute Gasteiger partial charge is 0.350 e. The van der Waals surface area contributed by atoms with E-state index in [4.69, 9.17) is 20.9 Å². The van der Waals surface area contributed by atoms with Crippen molar-refractivity contribution >= 4 is 29.2 Å². The number of rotatable bonds is 11. The molecule has 182 valence electrons. The zero-order valence-electron chi connectivity index (χ0n) is 19.0. The number of nitrogens with one attached hydrogen (secondary N) is 2. The summed E-state index contributed by atoms with van der Waals surface area (Å²) >= 11 is 0. The van der Waals surface area contributed by atoms with Crippen LogP contribution >= 0.6 is 0 Å². The largest absolute Gasteiger partial charge is 0.489 e. The number of carbonyl (C=O) groups excluding carboxylic acids is 2. The van der Waals surface area contributed by atoms with Crippen LogP contribution in [0.2, 0.25) is 0 Å². The lowest BCUT2D eigenvalue weighted by Crippen LogP contribution is -2.42. The number of guanidine groups is 1. The van der Waals surface area contributed by atoms with Crippen LogP contribution < -0.4 is 37.3 Å². The monoisotopic (exact) mass is 472 g/mol. The summed E-state index contributed by atoms with van der Waals surface area (Å²) in [6.07, 6.45) is 1.41. The number of anilines is 2. The summed E-state index contributed by atoms with van der Waals surface area (Å²) in [4.78, 5) is 46.2. The summed E-state index contributed by atoms with van der Waals surface area (Å²) < 4.78 is 12.8. The lowest BCUT2D eigenvalue weighted by atomic mass is 10.2. The number of carbonyl (C=O) groups is 2. The second-order valence-corrected chi connectivity index (χ2v) is 7.50. The van der Waals surface area contributed by atoms with E-state index in [2.05, 4.69) is 20.6 Å². The number of nitrogens with zero attached hydrogens (tertiary/aromatic N) is 4. The van der Waals surface area contributed by atoms with Gasteiger partial charge >= 0.3 is 5.69 Å². The average molecular weight is 473 g/mol. The molecule has 1 aliphatic heterocycles. The number of hydrogen-bond acceptors (Lipinski definition) is 9. The molecule has 1 amide bonds. The maximum atomic E-state index is 12.7. The first kappa shape index (κ1) is 24.5. The van der Waals surface area contributed by atoms with Gasteiger partial charge in [0.25, 0.3) is 0 Å². The van der Waals surface area contributed by atoms with Crippen LogP contribution in [0, 0.1) is 0 Å². The molecule has 0 fully saturated rings. The summed E-state index contributed by atoms with van der Waals surface area (Å²) in [7, 11) is 1.75. The Bertz CT molecular complexity index is 1140. The maximum Gasteiger partial charge on any atom is 0.350 e. The van der Waals surface area contributed by atoms with Crippen LogP contribution in [0.25, 0.3) is 0 Å². The van der Waals surface area contributed by atoms with E-state index >= 15 is 0 Å². The molecule has 0 unspecified atom stereocenters. The van der Waals surface area contributed by atoms with Gasteiger partial charge in [-0.3, -0.25) is 19.1 Å². The number of nitrogens with two attached hydrogens (primary N) is 2. The fraction of sp³-hybridized carbons (Fsp3) is 0.381. The number of fused-ring (bicyclic) bond motifs is 2. The van der Waals surface area contributed by atoms with Crippen LogP contribution in [0.4, 0.5) is 11.5 Å². The normalized spacial score (nSPS) is 11.4. The first-order chi connectivity index (χ1) is 16.3. The highest BCUT2D eigenvalue weighted by Gasteiger charge is 2.24. The third kappa shape index (κ3) is 6.22. The molecule has 1 aromatic carbocycles. The van der Waals surface area contributed by atoms with Gasteiger partial charge in [0.2, 0.25) is 5.91 Å². The first-order valence-electron chi connectivity index (χ1n) is 10.6. The molecule has 1 aromatic heterocycles. The summed E-state index contributed by atoms with van der Waals surface area (Å²) in [6, 6.07) is 5.20. The Morgan fingerprint density at radius 3 is 2.82 bits per heavy atom. The highest BCUT2D eigenvalue weighted by atomic mass is 16.5. The van der Waals surface area contributed by atoms with E-state index < -0.39 is 5.69 Å². The Labute approximate surface area is 195 Å². The van der Waals surface area contributed by atoms with Crippen molar-refractivity contribution in [2.24, 2.45) is 16.5 Å². The van der Waals surface area contributed by atoms with Gasteiger partial charge in [-0.2, -0.15) is 4.98 Å². The van der Waals surface area contributed by atoms with Crippen LogP contribution in [-0.2, 0) is 16.1 Å². The first-order valence-corrected chi connectivity index (χ1v) is 10.6. The number of amides is 1. The molecular weight excluding hydrogens is 444 g/mol. The molecule has 0 spiro atoms. The lowest BCUT2D eigenvalue weighted by molar-refractivity contribution is -0.135. The van der Waals surface area contributed by atoms with Gasteiger partial charge in [0.15, 0.2) is 23.3 Å². The highest BCUT2D eigenvalue weighted by molar-refractivity contribution is 5.84. The molecule has 3 rings (SSSR count). The molecule has 6 N–H and O–H groups in total. The number of aromatic nitrogens is 2. The molecule has 2 heterocycles. The van der Waals surface area contributed by atoms with E-state index in [1.54, 1.807) is 25.2 Å². The van der Waals surface area contributed by atoms with Crippen molar-refractivity contribution in [3.05, 3.63) is 34.9 Å². The molecule has 0 atom stereocenters. The number of Topliss-reactive ketones (excluding diaryl/α,β-unsaturated/α-hetero) is 1. The van der Waals surface area contributed by atoms with Gasteiger partial charge in [0.1, 0.15) is 30.4 Å². The Hall–Kier alpha value is -4.13. The van der Waals surface area contributed by atoms with E-state index in [0.29, 0.717) is 30.3 Å². The van der Waals surface area contributed by atoms with Crippen molar-refractivity contribution in [3.8, 4) is 17.2 Å². The number of hydrogen-bond donors (Lipinski definition) is 4. The maximum absolute atomic E-state index is 12.7. The summed E-state index contributed by atoms with van der Waals surface area (Å²) in [5.74, 6) is 0.829. The van der Waals surface area contributed by atoms with Crippen LogP contribution in [0.15, 0.2) is 34.2 Å². The van der Waals surface area contributed by atoms with E-state index in [0.717, 1.165) is 4.57 Å². The average Bonchev–Trinajstić information content (AvgIpc) is 2.78. The van der Waals surface area contributed by atoms with Gasteiger partial charge in [-0.15, -0.1) is 0 Å². The minimum absolute atomic E-state index is 0.0283. The standard InChI is InChI=1S/C21H28N8O5/c1-13(30)10-28(8-6-24-2)17(31)12-29-11-16-19(27-21(29)32)26-18-14(4-3-5-15(18)34-16)33-9-7-25-20(22)23/h3-5,11,24H,6-10,12H2,1-2H3,(H4,22,23,25)(H,26,27,32). The topological polar surface area (TPSA) is 179 Å². The third-order valence-electron chi connectivity index (χ3n) is 4.76. The number of ketones is 1. The summed E-state index contributed by atoms with van der Waals surface area (Å²) in [5, 5.41) is 5.98. The summed E-state index contributed by atoms with van der Waals surface area (Å²) in [6.45, 7) is 2.43. The van der Waals surface area contributed by atoms with Gasteiger partial charge in [0.05, 0.1) is 19.3 Å². The van der Waals surface area contributed by atoms with Crippen molar-refractivity contribution in [3.63, 3.8) is 0 Å². The minimum Gasteiger partial charge on any atom is -0.489 e. The molecule has 2 aromatic rings. The summed E-state index contributed by atoms with van der Waals surface area (Å²) in [5.41, 5.74) is 10.5. The highest BCUT2D eigenvalue weighted by Crippen LogP contribution is 2.44. The van der Waals surface area contributed by atoms with Gasteiger partial charge < -0.3 is 36.5 Å². The Morgan fingerprint density at radius 2 is 2.12 bits per heavy atom. The molecule has 0 saturated heterocycles. The van der Waals surface area contributed by atoms with Crippen molar-refractivity contribution < 1.29 is 19.1 Å². The van der Waals surface area contributed by atoms with Crippen molar-refractivity contribution in [2.45, 2.75) is 13.5 Å². The zero-order valence-corrected chi connectivity index (χ0v) is 19.0. The number of benzene rings is 1. The number of aliphatic imine (C=N–C) groups is 1. The second kappa shape index (κ2) is 11.1. The van der Waals surface area contributed by atoms with Gasteiger partial charge in [0, 0.05) is 13.1 Å². The molecule has 13 nitrogen and oxygen atoms in total. The molecule has 0 aliphatic carbocycles. The molecular formula is C21H28N8O5. The molecule has 13 heteroatoms. The van der Waals surface area contributed by atoms with Crippen molar-refractivity contribution in [2.75, 3.05) is 45.2 Å². The van der Waals surface area contributed by atoms with E-state index in [-0.39, 0.29) is 55.5 Å². The number of para-hydroxylation sites is 1. The van der Waals surface area contributed by atoms with Gasteiger partial charge in [-0.05, 0) is 26.1 Å². The van der Waals surface area contributed by atoms with E-state index in [9.17, 15) is 14.4 Å². The van der Waals surface area contributed by atoms with Crippen LogP contribution in [-0.4, -0.2) is 71.9 Å². The SMILES string of the molecule is CNCCN(CC(C)=O)C(=O)Cn1cc2c(nc1=O)Nc1c(OCCN=C(N)N)cccc1O2. The van der Waals surface area contributed by atoms with Crippen LogP contribution in [0.5, 0.6) is 17.2 Å². The number of likely N-dealkylation sites (N-methyl/N-ethyl adjacent to an activating group) is 1. The van der Waals surface area contributed by atoms with Crippen LogP contribution in [0.3, 0.4) is 0 Å². The van der Waals surface area contributed by atoms with Crippen molar-refractivity contribution in [1.82, 2.24) is 19.8 Å². The fourth-order valence-corrected chi connectivity index (χ4v) is 3.21. The Balaban J connectivity index is 1.77. The van der Waals surface area contributed by atoms with E-state index in [1.807, 2.05) is 0 Å². The van der Waals surface area contributed by atoms with Crippen LogP contribution in [0.1, 0.15) is 6.92 Å². The van der Waals surface area contributed by atoms with Gasteiger partial charge in [-0.25, -0.2) is 4.79 Å². The number of ether oxygens (including phenoxy) is 2. The quantitative estimate of drug-likeness (QED) is 0.160. The molecule has 1 aliphatic rings. The Morgan fingerprint density at radius 1 is 1.32 bits per heavy atom.